The zero-order chi connectivity index (χ0) is 29.7. The fourth-order valence-electron chi connectivity index (χ4n) is 7.76. The van der Waals surface area contributed by atoms with Crippen LogP contribution < -0.4 is 19.1 Å². The average molecular weight is 601 g/mol. The van der Waals surface area contributed by atoms with Crippen molar-refractivity contribution in [3.8, 4) is 23.3 Å². The van der Waals surface area contributed by atoms with Gasteiger partial charge in [-0.05, 0) is 59.9 Å². The number of carbonyl (C=O) groups excluding carboxylic acids is 3. The van der Waals surface area contributed by atoms with Crippen molar-refractivity contribution >= 4 is 50.5 Å². The standard InChI is InChI=1S/C35H24N2O6S/c36-15-24-20-7-3-4-8-27(20)44-34(24)37-32(38)28-22(18-10-12-25-26(13-18)42-16-41-25)14-23-21-11-9-17-5-1-2-6-19(17)31(21)43-35(40)29(23)30(28)33(37)39/h1-2,5-6,9-14,22,28-30H,3-4,7-8,16H2/t22-,28+,29+,30-/m0/s1. The Morgan fingerprint density at radius 1 is 0.909 bits per heavy atom. The Hall–Kier alpha value is -4.94. The van der Waals surface area contributed by atoms with E-state index in [1.807, 2.05) is 60.7 Å². The lowest BCUT2D eigenvalue weighted by Crippen LogP contribution is -2.42. The van der Waals surface area contributed by atoms with E-state index in [1.165, 1.54) is 16.2 Å². The number of nitrogens with zero attached hydrogens (tertiary/aromatic N) is 2. The fraction of sp³-hybridized carbons (Fsp3) is 0.257. The van der Waals surface area contributed by atoms with Crippen molar-refractivity contribution in [3.05, 3.63) is 87.8 Å². The van der Waals surface area contributed by atoms with E-state index < -0.39 is 41.5 Å². The molecule has 1 aromatic heterocycles. The third kappa shape index (κ3) is 3.40. The Labute approximate surface area is 256 Å². The number of ether oxygens (including phenoxy) is 3. The van der Waals surface area contributed by atoms with E-state index in [0.29, 0.717) is 33.4 Å². The van der Waals surface area contributed by atoms with Gasteiger partial charge in [0.2, 0.25) is 18.6 Å². The molecule has 3 aliphatic heterocycles. The largest absolute Gasteiger partial charge is 0.454 e. The smallest absolute Gasteiger partial charge is 0.319 e. The van der Waals surface area contributed by atoms with Crippen molar-refractivity contribution in [3.63, 3.8) is 0 Å². The van der Waals surface area contributed by atoms with E-state index in [-0.39, 0.29) is 6.79 Å². The highest BCUT2D eigenvalue weighted by molar-refractivity contribution is 7.17. The summed E-state index contributed by atoms with van der Waals surface area (Å²) >= 11 is 1.36. The fourth-order valence-corrected chi connectivity index (χ4v) is 9.11. The molecule has 1 fully saturated rings. The molecule has 4 aromatic rings. The number of imide groups is 1. The Morgan fingerprint density at radius 3 is 2.61 bits per heavy atom. The van der Waals surface area contributed by atoms with Crippen molar-refractivity contribution in [2.45, 2.75) is 31.6 Å². The first-order valence-corrected chi connectivity index (χ1v) is 15.6. The van der Waals surface area contributed by atoms with E-state index in [4.69, 9.17) is 14.2 Å². The number of hydrogen-bond donors (Lipinski definition) is 0. The van der Waals surface area contributed by atoms with Gasteiger partial charge >= 0.3 is 5.97 Å². The molecule has 0 bridgehead atoms. The SMILES string of the molecule is N#Cc1c(N2C(=O)[C@@H]3[C@@H]4C(=O)Oc5c(ccc6ccccc56)C4=C[C@@H](c4ccc5c(c4)OCO5)[C@H]3C2=O)sc2c1CCCC2. The van der Waals surface area contributed by atoms with Crippen LogP contribution >= 0.6 is 11.3 Å². The van der Waals surface area contributed by atoms with Crippen LogP contribution in [-0.4, -0.2) is 24.6 Å². The van der Waals surface area contributed by atoms with E-state index in [2.05, 4.69) is 6.07 Å². The minimum absolute atomic E-state index is 0.107. The number of rotatable bonds is 2. The summed E-state index contributed by atoms with van der Waals surface area (Å²) in [6.45, 7) is 0.107. The first-order valence-electron chi connectivity index (χ1n) is 14.8. The summed E-state index contributed by atoms with van der Waals surface area (Å²) in [5.41, 5.74) is 3.55. The third-order valence-corrected chi connectivity index (χ3v) is 11.0. The van der Waals surface area contributed by atoms with Gasteiger partial charge in [0.25, 0.3) is 0 Å². The molecule has 2 amide bonds. The maximum absolute atomic E-state index is 14.5. The van der Waals surface area contributed by atoms with Crippen LogP contribution in [0.1, 0.15) is 45.9 Å². The molecule has 9 rings (SSSR count). The minimum atomic E-state index is -0.990. The predicted octanol–water partition coefficient (Wildman–Crippen LogP) is 5.90. The van der Waals surface area contributed by atoms with E-state index in [0.717, 1.165) is 58.0 Å². The molecule has 2 aliphatic carbocycles. The Bertz CT molecular complexity index is 2050. The molecule has 5 aliphatic rings. The second-order valence-corrected chi connectivity index (χ2v) is 13.0. The molecule has 4 atom stereocenters. The summed E-state index contributed by atoms with van der Waals surface area (Å²) < 4.78 is 17.2. The van der Waals surface area contributed by atoms with Crippen LogP contribution in [0.15, 0.2) is 60.7 Å². The zero-order valence-corrected chi connectivity index (χ0v) is 24.2. The predicted molar refractivity (Wildman–Crippen MR) is 162 cm³/mol. The highest BCUT2D eigenvalue weighted by Crippen LogP contribution is 2.57. The average Bonchev–Trinajstić information content (AvgIpc) is 3.74. The maximum Gasteiger partial charge on any atom is 0.319 e. The highest BCUT2D eigenvalue weighted by atomic mass is 32.1. The normalized spacial score (nSPS) is 24.7. The molecular weight excluding hydrogens is 576 g/mol. The molecule has 0 radical (unpaired) electrons. The number of anilines is 1. The molecular formula is C35H24N2O6S. The van der Waals surface area contributed by atoms with Gasteiger partial charge < -0.3 is 14.2 Å². The summed E-state index contributed by atoms with van der Waals surface area (Å²) in [4.78, 5) is 45.2. The molecule has 1 saturated heterocycles. The van der Waals surface area contributed by atoms with Crippen molar-refractivity contribution in [1.82, 2.24) is 0 Å². The van der Waals surface area contributed by atoms with E-state index in [1.54, 1.807) is 0 Å². The van der Waals surface area contributed by atoms with Gasteiger partial charge in [-0.1, -0.05) is 48.5 Å². The molecule has 4 heterocycles. The second-order valence-electron chi connectivity index (χ2n) is 11.9. The van der Waals surface area contributed by atoms with Gasteiger partial charge in [-0.3, -0.25) is 14.4 Å². The van der Waals surface area contributed by atoms with Crippen LogP contribution in [0.3, 0.4) is 0 Å². The molecule has 0 spiro atoms. The number of aryl methyl sites for hydroxylation is 1. The van der Waals surface area contributed by atoms with Crippen molar-refractivity contribution < 1.29 is 28.6 Å². The molecule has 0 saturated carbocycles. The summed E-state index contributed by atoms with van der Waals surface area (Å²) in [6, 6.07) is 19.5. The minimum Gasteiger partial charge on any atom is -0.454 e. The highest BCUT2D eigenvalue weighted by Gasteiger charge is 2.61. The van der Waals surface area contributed by atoms with Crippen LogP contribution in [-0.2, 0) is 27.2 Å². The second kappa shape index (κ2) is 9.28. The van der Waals surface area contributed by atoms with Gasteiger partial charge in [-0.25, -0.2) is 4.90 Å². The van der Waals surface area contributed by atoms with Crippen LogP contribution in [0, 0.1) is 29.1 Å². The molecule has 8 nitrogen and oxygen atoms in total. The number of hydrogen-bond acceptors (Lipinski definition) is 8. The number of esters is 1. The monoisotopic (exact) mass is 600 g/mol. The number of allylic oxidation sites excluding steroid dienone is 1. The molecule has 3 aromatic carbocycles. The van der Waals surface area contributed by atoms with E-state index >= 15 is 0 Å². The van der Waals surface area contributed by atoms with Gasteiger partial charge in [0.05, 0.1) is 23.3 Å². The zero-order valence-electron chi connectivity index (χ0n) is 23.4. The number of carbonyl (C=O) groups is 3. The third-order valence-electron chi connectivity index (χ3n) is 9.73. The van der Waals surface area contributed by atoms with Crippen LogP contribution in [0.2, 0.25) is 0 Å². The molecule has 9 heteroatoms. The summed E-state index contributed by atoms with van der Waals surface area (Å²) in [6.07, 6.45) is 5.52. The Morgan fingerprint density at radius 2 is 1.73 bits per heavy atom. The van der Waals surface area contributed by atoms with Crippen molar-refractivity contribution in [1.29, 1.82) is 5.26 Å². The van der Waals surface area contributed by atoms with Gasteiger partial charge in [-0.15, -0.1) is 11.3 Å². The Balaban J connectivity index is 1.25. The number of fused-ring (bicyclic) bond motifs is 9. The number of benzene rings is 3. The summed E-state index contributed by atoms with van der Waals surface area (Å²) in [5.74, 6) is -3.11. The molecule has 216 valence electrons. The van der Waals surface area contributed by atoms with E-state index in [9.17, 15) is 19.6 Å². The maximum atomic E-state index is 14.5. The number of amides is 2. The van der Waals surface area contributed by atoms with Gasteiger partial charge in [0.15, 0.2) is 11.5 Å². The molecule has 0 N–H and O–H groups in total. The lowest BCUT2D eigenvalue weighted by molar-refractivity contribution is -0.142. The first kappa shape index (κ1) is 25.5. The van der Waals surface area contributed by atoms with Crippen LogP contribution in [0.25, 0.3) is 16.3 Å². The summed E-state index contributed by atoms with van der Waals surface area (Å²) in [7, 11) is 0. The van der Waals surface area contributed by atoms with Gasteiger partial charge in [0, 0.05) is 21.7 Å². The van der Waals surface area contributed by atoms with Crippen LogP contribution in [0.5, 0.6) is 17.2 Å². The first-order chi connectivity index (χ1) is 21.5. The number of nitriles is 1. The van der Waals surface area contributed by atoms with Gasteiger partial charge in [0.1, 0.15) is 16.8 Å². The molecule has 0 unspecified atom stereocenters. The van der Waals surface area contributed by atoms with Crippen molar-refractivity contribution in [2.24, 2.45) is 17.8 Å². The van der Waals surface area contributed by atoms with Crippen molar-refractivity contribution in [2.75, 3.05) is 11.7 Å². The summed E-state index contributed by atoms with van der Waals surface area (Å²) in [5, 5.41) is 12.3. The van der Waals surface area contributed by atoms with Crippen LogP contribution in [0.4, 0.5) is 5.00 Å². The quantitative estimate of drug-likeness (QED) is 0.160. The molecule has 44 heavy (non-hydrogen) atoms. The Kier molecular flexibility index (Phi) is 5.39. The number of thiophene rings is 1. The topological polar surface area (TPSA) is 106 Å². The lowest BCUT2D eigenvalue weighted by Gasteiger charge is -2.38. The lowest BCUT2D eigenvalue weighted by atomic mass is 9.64. The van der Waals surface area contributed by atoms with Gasteiger partial charge in [-0.2, -0.15) is 5.26 Å².